The van der Waals surface area contributed by atoms with Gasteiger partial charge in [-0.25, -0.2) is 0 Å². The van der Waals surface area contributed by atoms with Crippen molar-refractivity contribution < 1.29 is 24.2 Å². The van der Waals surface area contributed by atoms with Gasteiger partial charge in [-0.05, 0) is 48.1 Å². The Balaban J connectivity index is 1.89. The van der Waals surface area contributed by atoms with E-state index in [1.807, 2.05) is 48.5 Å². The number of para-hydroxylation sites is 2. The fourth-order valence-corrected chi connectivity index (χ4v) is 5.02. The lowest BCUT2D eigenvalue weighted by Gasteiger charge is -2.37. The maximum atomic E-state index is 13.7. The van der Waals surface area contributed by atoms with Crippen molar-refractivity contribution in [2.24, 2.45) is 5.41 Å². The SMILES string of the molecule is CCCCOc1cccc(C2C3=C(CC(C)(C)CC3=O)Nc3ccccc3N2C(=O)CCC(=O)O)c1. The molecule has 1 amide bonds. The molecule has 4 rings (SSSR count). The van der Waals surface area contributed by atoms with Crippen molar-refractivity contribution in [3.63, 3.8) is 0 Å². The zero-order chi connectivity index (χ0) is 25.9. The highest BCUT2D eigenvalue weighted by molar-refractivity contribution is 6.06. The molecule has 0 saturated carbocycles. The number of aliphatic carboxylic acids is 1. The van der Waals surface area contributed by atoms with E-state index in [0.717, 1.165) is 29.8 Å². The predicted octanol–water partition coefficient (Wildman–Crippen LogP) is 5.87. The number of rotatable bonds is 8. The molecule has 1 atom stereocenters. The number of fused-ring (bicyclic) bond motifs is 1. The van der Waals surface area contributed by atoms with Crippen LogP contribution in [0.2, 0.25) is 0 Å². The van der Waals surface area contributed by atoms with E-state index in [9.17, 15) is 19.5 Å². The number of carbonyl (C=O) groups excluding carboxylic acids is 2. The number of hydrogen-bond acceptors (Lipinski definition) is 5. The second kappa shape index (κ2) is 10.6. The number of amides is 1. The molecule has 0 aromatic heterocycles. The maximum Gasteiger partial charge on any atom is 0.303 e. The summed E-state index contributed by atoms with van der Waals surface area (Å²) in [6, 6.07) is 14.3. The van der Waals surface area contributed by atoms with Crippen molar-refractivity contribution in [1.29, 1.82) is 0 Å². The molecule has 0 fully saturated rings. The fourth-order valence-electron chi connectivity index (χ4n) is 5.02. The summed E-state index contributed by atoms with van der Waals surface area (Å²) in [5.41, 5.74) is 3.23. The summed E-state index contributed by atoms with van der Waals surface area (Å²) in [7, 11) is 0. The van der Waals surface area contributed by atoms with Crippen LogP contribution in [0, 0.1) is 5.41 Å². The first kappa shape index (κ1) is 25.5. The van der Waals surface area contributed by atoms with E-state index in [-0.39, 0.29) is 29.9 Å². The monoisotopic (exact) mass is 490 g/mol. The number of nitrogens with zero attached hydrogens (tertiary/aromatic N) is 1. The highest BCUT2D eigenvalue weighted by atomic mass is 16.5. The Morgan fingerprint density at radius 2 is 1.89 bits per heavy atom. The number of allylic oxidation sites excluding steroid dienone is 1. The highest BCUT2D eigenvalue weighted by Crippen LogP contribution is 2.48. The van der Waals surface area contributed by atoms with Crippen molar-refractivity contribution in [3.8, 4) is 5.75 Å². The molecular formula is C29H34N2O5. The number of benzene rings is 2. The molecule has 0 bridgehead atoms. The molecule has 2 aromatic carbocycles. The van der Waals surface area contributed by atoms with Gasteiger partial charge in [-0.2, -0.15) is 0 Å². The van der Waals surface area contributed by atoms with Gasteiger partial charge < -0.3 is 15.2 Å². The second-order valence-electron chi connectivity index (χ2n) is 10.3. The smallest absolute Gasteiger partial charge is 0.303 e. The normalized spacial score (nSPS) is 18.6. The maximum absolute atomic E-state index is 13.7. The van der Waals surface area contributed by atoms with Crippen molar-refractivity contribution in [2.45, 2.75) is 65.3 Å². The third-order valence-corrected chi connectivity index (χ3v) is 6.66. The van der Waals surface area contributed by atoms with Crippen molar-refractivity contribution in [2.75, 3.05) is 16.8 Å². The summed E-state index contributed by atoms with van der Waals surface area (Å²) in [5.74, 6) is -0.724. The zero-order valence-electron chi connectivity index (χ0n) is 21.2. The number of anilines is 2. The topological polar surface area (TPSA) is 95.9 Å². The molecule has 36 heavy (non-hydrogen) atoms. The van der Waals surface area contributed by atoms with E-state index in [4.69, 9.17) is 4.74 Å². The Bertz CT molecular complexity index is 1200. The van der Waals surface area contributed by atoms with Crippen LogP contribution in [0.1, 0.15) is 70.9 Å². The lowest BCUT2D eigenvalue weighted by Crippen LogP contribution is -2.39. The predicted molar refractivity (Wildman–Crippen MR) is 139 cm³/mol. The number of ether oxygens (including phenoxy) is 1. The number of nitrogens with one attached hydrogen (secondary N) is 1. The van der Waals surface area contributed by atoms with Gasteiger partial charge in [0.15, 0.2) is 5.78 Å². The minimum Gasteiger partial charge on any atom is -0.494 e. The first-order chi connectivity index (χ1) is 17.2. The third kappa shape index (κ3) is 5.45. The van der Waals surface area contributed by atoms with Crippen LogP contribution in [0.4, 0.5) is 11.4 Å². The van der Waals surface area contributed by atoms with Crippen LogP contribution < -0.4 is 15.0 Å². The second-order valence-corrected chi connectivity index (χ2v) is 10.3. The van der Waals surface area contributed by atoms with Gasteiger partial charge in [-0.3, -0.25) is 19.3 Å². The molecule has 7 heteroatoms. The quantitative estimate of drug-likeness (QED) is 0.449. The summed E-state index contributed by atoms with van der Waals surface area (Å²) in [4.78, 5) is 40.3. The zero-order valence-corrected chi connectivity index (χ0v) is 21.2. The van der Waals surface area contributed by atoms with Gasteiger partial charge in [0.2, 0.25) is 5.91 Å². The van der Waals surface area contributed by atoms with Crippen molar-refractivity contribution in [1.82, 2.24) is 0 Å². The number of carboxylic acids is 1. The molecular weight excluding hydrogens is 456 g/mol. The molecule has 1 aliphatic heterocycles. The number of hydrogen-bond donors (Lipinski definition) is 2. The van der Waals surface area contributed by atoms with Crippen LogP contribution in [0.15, 0.2) is 59.8 Å². The number of unbranched alkanes of at least 4 members (excludes halogenated alkanes) is 1. The summed E-state index contributed by atoms with van der Waals surface area (Å²) in [6.07, 6.45) is 2.50. The summed E-state index contributed by atoms with van der Waals surface area (Å²) in [5, 5.41) is 12.7. The highest BCUT2D eigenvalue weighted by Gasteiger charge is 2.43. The van der Waals surface area contributed by atoms with Gasteiger partial charge in [-0.1, -0.05) is 51.5 Å². The number of ketones is 1. The molecule has 0 spiro atoms. The summed E-state index contributed by atoms with van der Waals surface area (Å²) in [6.45, 7) is 6.82. The van der Waals surface area contributed by atoms with Gasteiger partial charge >= 0.3 is 5.97 Å². The summed E-state index contributed by atoms with van der Waals surface area (Å²) < 4.78 is 5.95. The van der Waals surface area contributed by atoms with Crippen LogP contribution in [0.5, 0.6) is 5.75 Å². The molecule has 0 saturated heterocycles. The third-order valence-electron chi connectivity index (χ3n) is 6.66. The number of carboxylic acid groups (broad SMARTS) is 1. The van der Waals surface area contributed by atoms with E-state index < -0.39 is 12.0 Å². The minimum absolute atomic E-state index is 0.0140. The number of carbonyl (C=O) groups is 3. The average molecular weight is 491 g/mol. The largest absolute Gasteiger partial charge is 0.494 e. The van der Waals surface area contributed by atoms with Crippen LogP contribution in [0.3, 0.4) is 0 Å². The van der Waals surface area contributed by atoms with E-state index in [2.05, 4.69) is 26.1 Å². The molecule has 7 nitrogen and oxygen atoms in total. The Hall–Kier alpha value is -3.61. The van der Waals surface area contributed by atoms with Gasteiger partial charge in [0.25, 0.3) is 0 Å². The van der Waals surface area contributed by atoms with Crippen LogP contribution in [-0.4, -0.2) is 29.4 Å². The number of Topliss-reactive ketones (excluding diaryl/α,β-unsaturated/α-hetero) is 1. The van der Waals surface area contributed by atoms with Gasteiger partial charge in [-0.15, -0.1) is 0 Å². The Morgan fingerprint density at radius 3 is 2.64 bits per heavy atom. The first-order valence-electron chi connectivity index (χ1n) is 12.6. The van der Waals surface area contributed by atoms with Gasteiger partial charge in [0.05, 0.1) is 30.4 Å². The Labute approximate surface area is 212 Å². The van der Waals surface area contributed by atoms with Crippen LogP contribution in [0.25, 0.3) is 0 Å². The molecule has 190 valence electrons. The van der Waals surface area contributed by atoms with E-state index in [0.29, 0.717) is 36.5 Å². The molecule has 2 aliphatic rings. The Morgan fingerprint density at radius 1 is 1.11 bits per heavy atom. The van der Waals surface area contributed by atoms with Gasteiger partial charge in [0.1, 0.15) is 5.75 Å². The molecule has 1 heterocycles. The molecule has 2 N–H and O–H groups in total. The molecule has 0 radical (unpaired) electrons. The van der Waals surface area contributed by atoms with E-state index in [1.165, 1.54) is 0 Å². The van der Waals surface area contributed by atoms with Crippen molar-refractivity contribution >= 4 is 29.0 Å². The summed E-state index contributed by atoms with van der Waals surface area (Å²) >= 11 is 0. The lowest BCUT2D eigenvalue weighted by atomic mass is 9.73. The standard InChI is InChI=1S/C29H34N2O5/c1-4-5-15-36-20-10-8-9-19(16-20)28-27-22(17-29(2,3)18-24(27)32)30-21-11-6-7-12-23(21)31(28)25(33)13-14-26(34)35/h6-12,16,28,30H,4-5,13-15,17-18H2,1-3H3,(H,34,35). The average Bonchev–Trinajstić information content (AvgIpc) is 2.96. The molecule has 2 aromatic rings. The first-order valence-corrected chi connectivity index (χ1v) is 12.6. The van der Waals surface area contributed by atoms with Crippen LogP contribution in [-0.2, 0) is 14.4 Å². The molecule has 1 unspecified atom stereocenters. The minimum atomic E-state index is -1.04. The molecule has 1 aliphatic carbocycles. The Kier molecular flexibility index (Phi) is 7.48. The van der Waals surface area contributed by atoms with E-state index in [1.54, 1.807) is 4.90 Å². The van der Waals surface area contributed by atoms with E-state index >= 15 is 0 Å². The van der Waals surface area contributed by atoms with Crippen molar-refractivity contribution in [3.05, 3.63) is 65.4 Å². The fraction of sp³-hybridized carbons (Fsp3) is 0.414. The van der Waals surface area contributed by atoms with Crippen LogP contribution >= 0.6 is 0 Å². The lowest BCUT2D eigenvalue weighted by molar-refractivity contribution is -0.138. The van der Waals surface area contributed by atoms with Gasteiger partial charge in [0, 0.05) is 24.1 Å².